The molecule has 1 unspecified atom stereocenters. The molecule has 1 saturated heterocycles. The molecule has 0 saturated carbocycles. The van der Waals surface area contributed by atoms with Gasteiger partial charge in [0.1, 0.15) is 12.6 Å². The number of rotatable bonds is 3. The summed E-state index contributed by atoms with van der Waals surface area (Å²) in [4.78, 5) is 18.9. The molecule has 1 aliphatic heterocycles. The number of amides is 1. The minimum absolute atomic E-state index is 0.0530. The van der Waals surface area contributed by atoms with E-state index in [4.69, 9.17) is 5.26 Å². The molecular formula is C15H16N4OS. The second kappa shape index (κ2) is 5.70. The van der Waals surface area contributed by atoms with E-state index in [9.17, 15) is 4.79 Å². The number of anilines is 1. The third-order valence-corrected chi connectivity index (χ3v) is 4.76. The minimum atomic E-state index is -0.228. The number of thiazole rings is 1. The zero-order valence-electron chi connectivity index (χ0n) is 11.7. The summed E-state index contributed by atoms with van der Waals surface area (Å²) in [5.41, 5.74) is 0.966. The van der Waals surface area contributed by atoms with Crippen molar-refractivity contribution in [3.05, 3.63) is 24.3 Å². The van der Waals surface area contributed by atoms with Crippen LogP contribution in [0.25, 0.3) is 10.2 Å². The fraction of sp³-hybridized carbons (Fsp3) is 0.400. The summed E-state index contributed by atoms with van der Waals surface area (Å²) >= 11 is 1.61. The molecule has 1 fully saturated rings. The van der Waals surface area contributed by atoms with Crippen LogP contribution >= 0.6 is 11.3 Å². The average molecular weight is 300 g/mol. The van der Waals surface area contributed by atoms with Gasteiger partial charge in [0.2, 0.25) is 5.91 Å². The van der Waals surface area contributed by atoms with E-state index < -0.39 is 0 Å². The molecular weight excluding hydrogens is 284 g/mol. The van der Waals surface area contributed by atoms with E-state index in [0.29, 0.717) is 5.92 Å². The number of carbonyl (C=O) groups excluding carboxylic acids is 1. The summed E-state index contributed by atoms with van der Waals surface area (Å²) in [6.07, 6.45) is 0.799. The minimum Gasteiger partial charge on any atom is -0.341 e. The molecule has 1 aromatic carbocycles. The molecule has 21 heavy (non-hydrogen) atoms. The van der Waals surface area contributed by atoms with Crippen molar-refractivity contribution >= 4 is 32.6 Å². The fourth-order valence-electron chi connectivity index (χ4n) is 2.73. The first kappa shape index (κ1) is 13.8. The van der Waals surface area contributed by atoms with E-state index in [2.05, 4.69) is 22.1 Å². The molecule has 108 valence electrons. The van der Waals surface area contributed by atoms with E-state index in [1.807, 2.05) is 30.3 Å². The highest BCUT2D eigenvalue weighted by molar-refractivity contribution is 7.22. The Bertz CT molecular complexity index is 672. The van der Waals surface area contributed by atoms with Gasteiger partial charge in [-0.25, -0.2) is 4.98 Å². The van der Waals surface area contributed by atoms with Crippen molar-refractivity contribution in [2.75, 3.05) is 18.0 Å². The lowest BCUT2D eigenvalue weighted by Crippen LogP contribution is -2.43. The van der Waals surface area contributed by atoms with Crippen molar-refractivity contribution in [1.29, 1.82) is 5.26 Å². The Hall–Kier alpha value is -2.13. The van der Waals surface area contributed by atoms with E-state index in [1.165, 1.54) is 0 Å². The lowest BCUT2D eigenvalue weighted by atomic mass is 10.1. The first-order valence-electron chi connectivity index (χ1n) is 6.96. The van der Waals surface area contributed by atoms with E-state index in [-0.39, 0.29) is 18.5 Å². The van der Waals surface area contributed by atoms with Crippen LogP contribution in [-0.4, -0.2) is 30.0 Å². The van der Waals surface area contributed by atoms with E-state index >= 15 is 0 Å². The number of nitrogens with one attached hydrogen (secondary N) is 1. The average Bonchev–Trinajstić information content (AvgIpc) is 3.07. The molecule has 0 aliphatic carbocycles. The van der Waals surface area contributed by atoms with Gasteiger partial charge in [-0.3, -0.25) is 4.79 Å². The number of aromatic nitrogens is 1. The third-order valence-electron chi connectivity index (χ3n) is 3.68. The lowest BCUT2D eigenvalue weighted by molar-refractivity contribution is -0.122. The first-order valence-corrected chi connectivity index (χ1v) is 7.77. The Morgan fingerprint density at radius 1 is 1.57 bits per heavy atom. The zero-order chi connectivity index (χ0) is 14.8. The predicted octanol–water partition coefficient (Wildman–Crippen LogP) is 2.15. The Morgan fingerprint density at radius 2 is 2.38 bits per heavy atom. The monoisotopic (exact) mass is 300 g/mol. The fourth-order valence-corrected chi connectivity index (χ4v) is 3.76. The van der Waals surface area contributed by atoms with Gasteiger partial charge in [-0.2, -0.15) is 5.26 Å². The standard InChI is InChI=1S/C15H16N4OS/c1-10-8-12(14(20)17-7-6-16)19(9-10)15-18-11-4-2-3-5-13(11)21-15/h2-5,10,12H,7-9H2,1H3,(H,17,20)/t10?,12-/m0/s1. The van der Waals surface area contributed by atoms with Crippen LogP contribution in [0, 0.1) is 17.2 Å². The maximum absolute atomic E-state index is 12.2. The molecule has 1 N–H and O–H groups in total. The van der Waals surface area contributed by atoms with E-state index in [0.717, 1.165) is 28.3 Å². The highest BCUT2D eigenvalue weighted by Crippen LogP contribution is 2.34. The highest BCUT2D eigenvalue weighted by Gasteiger charge is 2.36. The summed E-state index contributed by atoms with van der Waals surface area (Å²) in [6, 6.07) is 9.71. The Kier molecular flexibility index (Phi) is 3.76. The highest BCUT2D eigenvalue weighted by atomic mass is 32.1. The van der Waals surface area contributed by atoms with E-state index in [1.54, 1.807) is 11.3 Å². The SMILES string of the molecule is CC1C[C@@H](C(=O)NCC#N)N(c2nc3ccccc3s2)C1. The van der Waals surface area contributed by atoms with Crippen LogP contribution in [0.2, 0.25) is 0 Å². The van der Waals surface area contributed by atoms with Crippen LogP contribution in [0.5, 0.6) is 0 Å². The van der Waals surface area contributed by atoms with Gasteiger partial charge < -0.3 is 10.2 Å². The molecule has 5 nitrogen and oxygen atoms in total. The van der Waals surface area contributed by atoms with Crippen molar-refractivity contribution in [3.8, 4) is 6.07 Å². The van der Waals surface area contributed by atoms with Crippen LogP contribution in [0.15, 0.2) is 24.3 Å². The van der Waals surface area contributed by atoms with Crippen LogP contribution < -0.4 is 10.2 Å². The van der Waals surface area contributed by atoms with Gasteiger partial charge in [-0.05, 0) is 24.5 Å². The van der Waals surface area contributed by atoms with Crippen molar-refractivity contribution in [1.82, 2.24) is 10.3 Å². The maximum Gasteiger partial charge on any atom is 0.243 e. The lowest BCUT2D eigenvalue weighted by Gasteiger charge is -2.22. The molecule has 1 amide bonds. The number of nitrogens with zero attached hydrogens (tertiary/aromatic N) is 3. The molecule has 0 spiro atoms. The van der Waals surface area contributed by atoms with Crippen molar-refractivity contribution in [2.45, 2.75) is 19.4 Å². The second-order valence-electron chi connectivity index (χ2n) is 5.35. The molecule has 3 rings (SSSR count). The molecule has 2 heterocycles. The summed E-state index contributed by atoms with van der Waals surface area (Å²) in [5, 5.41) is 12.1. The second-order valence-corrected chi connectivity index (χ2v) is 6.36. The number of hydrogen-bond donors (Lipinski definition) is 1. The van der Waals surface area contributed by atoms with Gasteiger partial charge in [-0.1, -0.05) is 30.4 Å². The Labute approximate surface area is 127 Å². The number of para-hydroxylation sites is 1. The number of hydrogen-bond acceptors (Lipinski definition) is 5. The van der Waals surface area contributed by atoms with Gasteiger partial charge in [0.05, 0.1) is 16.3 Å². The number of fused-ring (bicyclic) bond motifs is 1. The van der Waals surface area contributed by atoms with Crippen molar-refractivity contribution < 1.29 is 4.79 Å². The van der Waals surface area contributed by atoms with Gasteiger partial charge >= 0.3 is 0 Å². The molecule has 0 bridgehead atoms. The Balaban J connectivity index is 1.87. The van der Waals surface area contributed by atoms with Crippen LogP contribution in [0.1, 0.15) is 13.3 Å². The molecule has 6 heteroatoms. The quantitative estimate of drug-likeness (QED) is 0.882. The molecule has 1 aromatic heterocycles. The number of carbonyl (C=O) groups is 1. The third kappa shape index (κ3) is 2.69. The molecule has 1 aliphatic rings. The molecule has 2 aromatic rings. The smallest absolute Gasteiger partial charge is 0.243 e. The maximum atomic E-state index is 12.2. The molecule has 2 atom stereocenters. The number of benzene rings is 1. The summed E-state index contributed by atoms with van der Waals surface area (Å²) < 4.78 is 1.13. The van der Waals surface area contributed by atoms with Crippen molar-refractivity contribution in [2.24, 2.45) is 5.92 Å². The normalized spacial score (nSPS) is 21.4. The number of nitriles is 1. The van der Waals surface area contributed by atoms with Crippen molar-refractivity contribution in [3.63, 3.8) is 0 Å². The summed E-state index contributed by atoms with van der Waals surface area (Å²) in [5.74, 6) is 0.356. The van der Waals surface area contributed by atoms with Gasteiger partial charge in [-0.15, -0.1) is 0 Å². The van der Waals surface area contributed by atoms with Crippen LogP contribution in [-0.2, 0) is 4.79 Å². The molecule has 0 radical (unpaired) electrons. The topological polar surface area (TPSA) is 69.0 Å². The summed E-state index contributed by atoms with van der Waals surface area (Å²) in [6.45, 7) is 3.01. The van der Waals surface area contributed by atoms with Gasteiger partial charge in [0.15, 0.2) is 5.13 Å². The van der Waals surface area contributed by atoms with Gasteiger partial charge in [0.25, 0.3) is 0 Å². The zero-order valence-corrected chi connectivity index (χ0v) is 12.6. The van der Waals surface area contributed by atoms with Crippen LogP contribution in [0.3, 0.4) is 0 Å². The largest absolute Gasteiger partial charge is 0.341 e. The summed E-state index contributed by atoms with van der Waals surface area (Å²) in [7, 11) is 0. The first-order chi connectivity index (χ1) is 10.2. The Morgan fingerprint density at radius 3 is 3.14 bits per heavy atom. The van der Waals surface area contributed by atoms with Gasteiger partial charge in [0, 0.05) is 6.54 Å². The predicted molar refractivity (Wildman–Crippen MR) is 83.2 cm³/mol. The van der Waals surface area contributed by atoms with Crippen LogP contribution in [0.4, 0.5) is 5.13 Å².